The Labute approximate surface area is 104 Å². The number of aryl methyl sites for hydroxylation is 1. The molecule has 0 spiro atoms. The Morgan fingerprint density at radius 1 is 1.35 bits per heavy atom. The molecular formula is C13H14O3S. The molecule has 0 N–H and O–H groups in total. The van der Waals surface area contributed by atoms with E-state index in [0.29, 0.717) is 12.2 Å². The molecule has 2 rings (SSSR count). The lowest BCUT2D eigenvalue weighted by molar-refractivity contribution is 0.344. The van der Waals surface area contributed by atoms with Crippen LogP contribution in [-0.4, -0.2) is 18.6 Å². The molecule has 0 bridgehead atoms. The van der Waals surface area contributed by atoms with Gasteiger partial charge < -0.3 is 9.15 Å². The van der Waals surface area contributed by atoms with Crippen LogP contribution in [0.1, 0.15) is 5.56 Å². The molecule has 0 aliphatic heterocycles. The Bertz CT molecular complexity index is 574. The van der Waals surface area contributed by atoms with E-state index < -0.39 is 0 Å². The standard InChI is InChI=1S/C13H14O3S/c1-9-7-13(14)16-12-8-10(3-4-11(9)12)15-5-6-17-2/h3-4,7-8H,5-6H2,1-2H3. The summed E-state index contributed by atoms with van der Waals surface area (Å²) < 4.78 is 10.7. The molecule has 17 heavy (non-hydrogen) atoms. The van der Waals surface area contributed by atoms with Gasteiger partial charge in [-0.05, 0) is 30.9 Å². The van der Waals surface area contributed by atoms with Crippen LogP contribution in [0.15, 0.2) is 33.5 Å². The van der Waals surface area contributed by atoms with Crippen molar-refractivity contribution < 1.29 is 9.15 Å². The van der Waals surface area contributed by atoms with Crippen molar-refractivity contribution in [1.82, 2.24) is 0 Å². The van der Waals surface area contributed by atoms with Crippen molar-refractivity contribution in [3.05, 3.63) is 40.2 Å². The number of hydrogen-bond acceptors (Lipinski definition) is 4. The van der Waals surface area contributed by atoms with Gasteiger partial charge in [-0.15, -0.1) is 0 Å². The van der Waals surface area contributed by atoms with Crippen LogP contribution < -0.4 is 10.4 Å². The third-order valence-electron chi connectivity index (χ3n) is 2.48. The van der Waals surface area contributed by atoms with Gasteiger partial charge in [0.15, 0.2) is 0 Å². The van der Waals surface area contributed by atoms with Crippen molar-refractivity contribution >= 4 is 22.7 Å². The van der Waals surface area contributed by atoms with E-state index >= 15 is 0 Å². The monoisotopic (exact) mass is 250 g/mol. The van der Waals surface area contributed by atoms with Crippen molar-refractivity contribution in [3.8, 4) is 5.75 Å². The third-order valence-corrected chi connectivity index (χ3v) is 3.05. The second-order valence-corrected chi connectivity index (χ2v) is 4.73. The first-order chi connectivity index (χ1) is 8.20. The summed E-state index contributed by atoms with van der Waals surface area (Å²) >= 11 is 1.73. The predicted octanol–water partition coefficient (Wildman–Crippen LogP) is 2.84. The number of benzene rings is 1. The molecular weight excluding hydrogens is 236 g/mol. The maximum atomic E-state index is 11.3. The Hall–Kier alpha value is -1.42. The number of thioether (sulfide) groups is 1. The smallest absolute Gasteiger partial charge is 0.336 e. The van der Waals surface area contributed by atoms with Crippen molar-refractivity contribution in [3.63, 3.8) is 0 Å². The maximum Gasteiger partial charge on any atom is 0.336 e. The molecule has 0 unspecified atom stereocenters. The maximum absolute atomic E-state index is 11.3. The van der Waals surface area contributed by atoms with E-state index in [1.807, 2.05) is 25.3 Å². The fourth-order valence-electron chi connectivity index (χ4n) is 1.64. The van der Waals surface area contributed by atoms with Crippen molar-refractivity contribution in [1.29, 1.82) is 0 Å². The van der Waals surface area contributed by atoms with Crippen LogP contribution >= 0.6 is 11.8 Å². The first-order valence-electron chi connectivity index (χ1n) is 5.37. The van der Waals surface area contributed by atoms with Gasteiger partial charge in [0.2, 0.25) is 0 Å². The Morgan fingerprint density at radius 3 is 2.94 bits per heavy atom. The molecule has 0 aliphatic carbocycles. The highest BCUT2D eigenvalue weighted by Crippen LogP contribution is 2.22. The average Bonchev–Trinajstić information content (AvgIpc) is 2.28. The van der Waals surface area contributed by atoms with Gasteiger partial charge in [0.1, 0.15) is 11.3 Å². The van der Waals surface area contributed by atoms with E-state index in [-0.39, 0.29) is 5.63 Å². The van der Waals surface area contributed by atoms with Crippen LogP contribution in [0.3, 0.4) is 0 Å². The quantitative estimate of drug-likeness (QED) is 0.618. The van der Waals surface area contributed by atoms with E-state index in [0.717, 1.165) is 22.5 Å². The second-order valence-electron chi connectivity index (χ2n) is 3.75. The molecule has 90 valence electrons. The summed E-state index contributed by atoms with van der Waals surface area (Å²) in [7, 11) is 0. The molecule has 0 atom stereocenters. The normalized spacial score (nSPS) is 10.7. The zero-order valence-corrected chi connectivity index (χ0v) is 10.7. The van der Waals surface area contributed by atoms with Crippen LogP contribution in [0.25, 0.3) is 11.0 Å². The first-order valence-corrected chi connectivity index (χ1v) is 6.76. The molecule has 2 aromatic rings. The fourth-order valence-corrected chi connectivity index (χ4v) is 1.89. The van der Waals surface area contributed by atoms with Gasteiger partial charge in [-0.1, -0.05) is 0 Å². The number of ether oxygens (including phenoxy) is 1. The van der Waals surface area contributed by atoms with Gasteiger partial charge in [0, 0.05) is 23.3 Å². The van der Waals surface area contributed by atoms with Crippen molar-refractivity contribution in [2.75, 3.05) is 18.6 Å². The van der Waals surface area contributed by atoms with Crippen LogP contribution in [0.4, 0.5) is 0 Å². The molecule has 1 aromatic carbocycles. The van der Waals surface area contributed by atoms with Gasteiger partial charge in [-0.3, -0.25) is 0 Å². The zero-order chi connectivity index (χ0) is 12.3. The number of hydrogen-bond donors (Lipinski definition) is 0. The SMILES string of the molecule is CSCCOc1ccc2c(C)cc(=O)oc2c1. The topological polar surface area (TPSA) is 39.4 Å². The summed E-state index contributed by atoms with van der Waals surface area (Å²) in [5, 5.41) is 0.946. The summed E-state index contributed by atoms with van der Waals surface area (Å²) in [6.07, 6.45) is 2.03. The van der Waals surface area contributed by atoms with E-state index in [4.69, 9.17) is 9.15 Å². The second kappa shape index (κ2) is 5.27. The molecule has 1 aromatic heterocycles. The largest absolute Gasteiger partial charge is 0.493 e. The fraction of sp³-hybridized carbons (Fsp3) is 0.308. The average molecular weight is 250 g/mol. The summed E-state index contributed by atoms with van der Waals surface area (Å²) in [6.45, 7) is 2.55. The van der Waals surface area contributed by atoms with Crippen LogP contribution in [0, 0.1) is 6.92 Å². The molecule has 0 saturated heterocycles. The predicted molar refractivity (Wildman–Crippen MR) is 71.1 cm³/mol. The lowest BCUT2D eigenvalue weighted by Crippen LogP contribution is -2.01. The Kier molecular flexibility index (Phi) is 3.74. The minimum absolute atomic E-state index is 0.323. The molecule has 0 fully saturated rings. The summed E-state index contributed by atoms with van der Waals surface area (Å²) in [4.78, 5) is 11.3. The molecule has 0 radical (unpaired) electrons. The van der Waals surface area contributed by atoms with Gasteiger partial charge in [-0.25, -0.2) is 4.79 Å². The molecule has 0 aliphatic rings. The number of fused-ring (bicyclic) bond motifs is 1. The van der Waals surface area contributed by atoms with E-state index in [9.17, 15) is 4.79 Å². The van der Waals surface area contributed by atoms with Crippen LogP contribution in [0.5, 0.6) is 5.75 Å². The minimum atomic E-state index is -0.323. The van der Waals surface area contributed by atoms with Gasteiger partial charge in [0.25, 0.3) is 0 Å². The highest BCUT2D eigenvalue weighted by atomic mass is 32.2. The minimum Gasteiger partial charge on any atom is -0.493 e. The van der Waals surface area contributed by atoms with E-state index in [2.05, 4.69) is 0 Å². The lowest BCUT2D eigenvalue weighted by atomic mass is 10.1. The highest BCUT2D eigenvalue weighted by molar-refractivity contribution is 7.98. The summed E-state index contributed by atoms with van der Waals surface area (Å²) in [6, 6.07) is 7.08. The Balaban J connectivity index is 2.33. The molecule has 4 heteroatoms. The molecule has 3 nitrogen and oxygen atoms in total. The first kappa shape index (κ1) is 12.0. The van der Waals surface area contributed by atoms with Crippen molar-refractivity contribution in [2.24, 2.45) is 0 Å². The number of rotatable bonds is 4. The highest BCUT2D eigenvalue weighted by Gasteiger charge is 2.03. The van der Waals surface area contributed by atoms with Gasteiger partial charge in [0.05, 0.1) is 6.61 Å². The zero-order valence-electron chi connectivity index (χ0n) is 9.86. The van der Waals surface area contributed by atoms with E-state index in [1.54, 1.807) is 17.8 Å². The van der Waals surface area contributed by atoms with Crippen LogP contribution in [-0.2, 0) is 0 Å². The lowest BCUT2D eigenvalue weighted by Gasteiger charge is -2.06. The Morgan fingerprint density at radius 2 is 2.18 bits per heavy atom. The van der Waals surface area contributed by atoms with Crippen LogP contribution in [0.2, 0.25) is 0 Å². The van der Waals surface area contributed by atoms with Crippen molar-refractivity contribution in [2.45, 2.75) is 6.92 Å². The summed E-state index contributed by atoms with van der Waals surface area (Å²) in [5.41, 5.74) is 1.18. The van der Waals surface area contributed by atoms with Gasteiger partial charge >= 0.3 is 5.63 Å². The third kappa shape index (κ3) is 2.82. The molecule has 0 amide bonds. The summed E-state index contributed by atoms with van der Waals surface area (Å²) in [5.74, 6) is 1.68. The molecule has 1 heterocycles. The van der Waals surface area contributed by atoms with E-state index in [1.165, 1.54) is 6.07 Å². The van der Waals surface area contributed by atoms with Gasteiger partial charge in [-0.2, -0.15) is 11.8 Å². The molecule has 0 saturated carbocycles.